The molecule has 0 radical (unpaired) electrons. The summed E-state index contributed by atoms with van der Waals surface area (Å²) in [7, 11) is 0. The molecule has 3 rings (SSSR count). The van der Waals surface area contributed by atoms with Gasteiger partial charge in [0.05, 0.1) is 6.61 Å². The molecule has 3 fully saturated rings. The van der Waals surface area contributed by atoms with Crippen LogP contribution in [-0.2, 0) is 9.53 Å². The van der Waals surface area contributed by atoms with Gasteiger partial charge in [-0.05, 0) is 61.2 Å². The van der Waals surface area contributed by atoms with E-state index in [9.17, 15) is 14.7 Å². The summed E-state index contributed by atoms with van der Waals surface area (Å²) in [6.07, 6.45) is 9.99. The lowest BCUT2D eigenvalue weighted by Gasteiger charge is -2.32. The van der Waals surface area contributed by atoms with Crippen molar-refractivity contribution in [1.29, 1.82) is 0 Å². The van der Waals surface area contributed by atoms with Crippen LogP contribution in [0, 0.1) is 35.5 Å². The van der Waals surface area contributed by atoms with Crippen LogP contribution in [0.2, 0.25) is 0 Å². The molecular weight excluding hydrogens is 318 g/mol. The molecule has 2 N–H and O–H groups in total. The minimum absolute atomic E-state index is 0.165. The molecule has 3 aliphatic rings. The number of carboxylic acids is 1. The summed E-state index contributed by atoms with van der Waals surface area (Å²) in [6.45, 7) is 4.03. The summed E-state index contributed by atoms with van der Waals surface area (Å²) >= 11 is 0. The molecule has 0 spiro atoms. The van der Waals surface area contributed by atoms with Gasteiger partial charge in [0.25, 0.3) is 0 Å². The van der Waals surface area contributed by atoms with E-state index < -0.39 is 18.1 Å². The van der Waals surface area contributed by atoms with E-state index in [1.54, 1.807) is 13.8 Å². The topological polar surface area (TPSA) is 75.6 Å². The Morgan fingerprint density at radius 1 is 0.960 bits per heavy atom. The predicted octanol–water partition coefficient (Wildman–Crippen LogP) is 4.06. The van der Waals surface area contributed by atoms with Gasteiger partial charge in [-0.15, -0.1) is 0 Å². The Hall–Kier alpha value is -1.26. The maximum absolute atomic E-state index is 12.1. The first kappa shape index (κ1) is 18.5. The number of alkyl carbamates (subject to hydrolysis) is 1. The molecule has 5 unspecified atom stereocenters. The van der Waals surface area contributed by atoms with Gasteiger partial charge < -0.3 is 15.2 Å². The van der Waals surface area contributed by atoms with Gasteiger partial charge in [0.2, 0.25) is 0 Å². The number of aliphatic carboxylic acids is 1. The molecule has 0 heterocycles. The first-order valence-corrected chi connectivity index (χ1v) is 10.1. The Morgan fingerprint density at radius 2 is 1.44 bits per heavy atom. The SMILES string of the molecule is CC(C)C(NC(=O)OCC1C2CCCCC2C2CCCCC21)C(=O)O. The van der Waals surface area contributed by atoms with Crippen LogP contribution in [0.4, 0.5) is 4.79 Å². The van der Waals surface area contributed by atoms with Crippen molar-refractivity contribution < 1.29 is 19.4 Å². The largest absolute Gasteiger partial charge is 0.480 e. The van der Waals surface area contributed by atoms with Gasteiger partial charge in [-0.2, -0.15) is 0 Å². The molecule has 1 amide bonds. The average molecular weight is 351 g/mol. The van der Waals surface area contributed by atoms with Crippen LogP contribution in [0.5, 0.6) is 0 Å². The third-order valence-electron chi connectivity index (χ3n) is 7.01. The predicted molar refractivity (Wildman–Crippen MR) is 95.1 cm³/mol. The van der Waals surface area contributed by atoms with Crippen LogP contribution in [0.15, 0.2) is 0 Å². The number of amides is 1. The van der Waals surface area contributed by atoms with Gasteiger partial charge in [-0.1, -0.05) is 39.5 Å². The van der Waals surface area contributed by atoms with Gasteiger partial charge in [0.1, 0.15) is 6.04 Å². The second-order valence-electron chi connectivity index (χ2n) is 8.69. The van der Waals surface area contributed by atoms with Gasteiger partial charge in [0.15, 0.2) is 0 Å². The average Bonchev–Trinajstić information content (AvgIpc) is 2.91. The van der Waals surface area contributed by atoms with Crippen molar-refractivity contribution in [2.24, 2.45) is 35.5 Å². The second kappa shape index (κ2) is 7.96. The van der Waals surface area contributed by atoms with Crippen LogP contribution in [0.3, 0.4) is 0 Å². The molecule has 5 heteroatoms. The molecule has 25 heavy (non-hydrogen) atoms. The number of carboxylic acid groups (broad SMARTS) is 1. The highest BCUT2D eigenvalue weighted by molar-refractivity contribution is 5.80. The summed E-state index contributed by atoms with van der Waals surface area (Å²) in [5, 5.41) is 11.7. The highest BCUT2D eigenvalue weighted by Gasteiger charge is 2.51. The minimum Gasteiger partial charge on any atom is -0.480 e. The smallest absolute Gasteiger partial charge is 0.407 e. The summed E-state index contributed by atoms with van der Waals surface area (Å²) < 4.78 is 5.54. The van der Waals surface area contributed by atoms with Gasteiger partial charge >= 0.3 is 12.1 Å². The highest BCUT2D eigenvalue weighted by atomic mass is 16.5. The summed E-state index contributed by atoms with van der Waals surface area (Å²) in [5.74, 6) is 2.37. The monoisotopic (exact) mass is 351 g/mol. The lowest BCUT2D eigenvalue weighted by molar-refractivity contribution is -0.140. The molecule has 5 atom stereocenters. The van der Waals surface area contributed by atoms with Crippen LogP contribution in [-0.4, -0.2) is 29.8 Å². The summed E-state index contributed by atoms with van der Waals surface area (Å²) in [4.78, 5) is 23.4. The first-order valence-electron chi connectivity index (χ1n) is 10.1. The maximum atomic E-state index is 12.1. The van der Waals surface area contributed by atoms with Crippen LogP contribution in [0.1, 0.15) is 65.2 Å². The van der Waals surface area contributed by atoms with Gasteiger partial charge in [-0.3, -0.25) is 0 Å². The Morgan fingerprint density at radius 3 is 1.88 bits per heavy atom. The Balaban J connectivity index is 1.59. The van der Waals surface area contributed by atoms with E-state index in [2.05, 4.69) is 5.32 Å². The number of hydrogen-bond donors (Lipinski definition) is 2. The number of carbonyl (C=O) groups is 2. The molecule has 142 valence electrons. The molecule has 0 aromatic heterocycles. The van der Waals surface area contributed by atoms with E-state index in [1.165, 1.54) is 51.4 Å². The Bertz CT molecular complexity index is 470. The van der Waals surface area contributed by atoms with E-state index in [0.29, 0.717) is 24.4 Å². The zero-order valence-corrected chi connectivity index (χ0v) is 15.6. The first-order chi connectivity index (χ1) is 12.0. The van der Waals surface area contributed by atoms with Crippen molar-refractivity contribution >= 4 is 12.1 Å². The lowest BCUT2D eigenvalue weighted by atomic mass is 9.73. The van der Waals surface area contributed by atoms with Crippen LogP contribution < -0.4 is 5.32 Å². The Labute approximate surface area is 150 Å². The van der Waals surface area contributed by atoms with Crippen molar-refractivity contribution in [2.75, 3.05) is 6.61 Å². The maximum Gasteiger partial charge on any atom is 0.407 e. The fourth-order valence-electron chi connectivity index (χ4n) is 5.92. The molecule has 0 aliphatic heterocycles. The number of ether oxygens (including phenoxy) is 1. The minimum atomic E-state index is -1.01. The van der Waals surface area contributed by atoms with E-state index in [1.807, 2.05) is 0 Å². The molecule has 0 aromatic rings. The van der Waals surface area contributed by atoms with E-state index in [0.717, 1.165) is 11.8 Å². The molecule has 5 nitrogen and oxygen atoms in total. The van der Waals surface area contributed by atoms with Crippen molar-refractivity contribution in [1.82, 2.24) is 5.32 Å². The number of fused-ring (bicyclic) bond motifs is 3. The highest BCUT2D eigenvalue weighted by Crippen LogP contribution is 2.57. The molecule has 0 bridgehead atoms. The number of nitrogens with one attached hydrogen (secondary N) is 1. The quantitative estimate of drug-likeness (QED) is 0.783. The van der Waals surface area contributed by atoms with E-state index >= 15 is 0 Å². The zero-order valence-electron chi connectivity index (χ0n) is 15.6. The Kier molecular flexibility index (Phi) is 5.90. The third kappa shape index (κ3) is 3.95. The zero-order chi connectivity index (χ0) is 18.0. The number of rotatable bonds is 5. The standard InChI is InChI=1S/C20H33NO4/c1-12(2)18(19(22)23)21-20(24)25-11-17-15-9-5-3-7-13(15)14-8-4-6-10-16(14)17/h12-18H,3-11H2,1-2H3,(H,21,24)(H,22,23). The third-order valence-corrected chi connectivity index (χ3v) is 7.01. The van der Waals surface area contributed by atoms with Crippen molar-refractivity contribution in [3.8, 4) is 0 Å². The van der Waals surface area contributed by atoms with Gasteiger partial charge in [-0.25, -0.2) is 9.59 Å². The molecular formula is C20H33NO4. The van der Waals surface area contributed by atoms with Crippen molar-refractivity contribution in [2.45, 2.75) is 71.3 Å². The van der Waals surface area contributed by atoms with Gasteiger partial charge in [0, 0.05) is 0 Å². The molecule has 3 aliphatic carbocycles. The fourth-order valence-corrected chi connectivity index (χ4v) is 5.92. The lowest BCUT2D eigenvalue weighted by Crippen LogP contribution is -2.45. The van der Waals surface area contributed by atoms with E-state index in [4.69, 9.17) is 4.74 Å². The normalized spacial score (nSPS) is 35.6. The number of carbonyl (C=O) groups excluding carboxylic acids is 1. The van der Waals surface area contributed by atoms with Crippen LogP contribution in [0.25, 0.3) is 0 Å². The van der Waals surface area contributed by atoms with Crippen molar-refractivity contribution in [3.05, 3.63) is 0 Å². The molecule has 0 saturated heterocycles. The second-order valence-corrected chi connectivity index (χ2v) is 8.69. The van der Waals surface area contributed by atoms with E-state index in [-0.39, 0.29) is 5.92 Å². The number of hydrogen-bond acceptors (Lipinski definition) is 3. The molecule has 0 aromatic carbocycles. The summed E-state index contributed by atoms with van der Waals surface area (Å²) in [6, 6.07) is -0.888. The fraction of sp³-hybridized carbons (Fsp3) is 0.900. The summed E-state index contributed by atoms with van der Waals surface area (Å²) in [5.41, 5.74) is 0. The van der Waals surface area contributed by atoms with Crippen molar-refractivity contribution in [3.63, 3.8) is 0 Å². The molecule has 3 saturated carbocycles. The van der Waals surface area contributed by atoms with Crippen LogP contribution >= 0.6 is 0 Å².